The fourth-order valence-electron chi connectivity index (χ4n) is 0.723. The summed E-state index contributed by atoms with van der Waals surface area (Å²) in [6.07, 6.45) is 4.94. The normalized spacial score (nSPS) is 15.1. The van der Waals surface area contributed by atoms with E-state index >= 15 is 0 Å². The molecule has 11 heavy (non-hydrogen) atoms. The van der Waals surface area contributed by atoms with E-state index in [2.05, 4.69) is 6.92 Å². The number of hydrogen-bond donors (Lipinski definition) is 0. The second kappa shape index (κ2) is 7.27. The molecule has 0 fully saturated rings. The van der Waals surface area contributed by atoms with Gasteiger partial charge in [0.1, 0.15) is 0 Å². The highest BCUT2D eigenvalue weighted by Gasteiger charge is 2.06. The van der Waals surface area contributed by atoms with Crippen LogP contribution in [0.15, 0.2) is 11.1 Å². The van der Waals surface area contributed by atoms with Crippen LogP contribution in [0.2, 0.25) is 0 Å². The third kappa shape index (κ3) is 5.84. The molecule has 0 nitrogen and oxygen atoms in total. The van der Waals surface area contributed by atoms with Crippen LogP contribution in [-0.4, -0.2) is 11.3 Å². The van der Waals surface area contributed by atoms with E-state index < -0.39 is 0 Å². The molecule has 1 atom stereocenters. The molecule has 0 aliphatic carbocycles. The Bertz CT molecular complexity index is 121. The first-order valence-corrected chi connectivity index (χ1v) is 5.12. The predicted octanol–water partition coefficient (Wildman–Crippen LogP) is 4.15. The van der Waals surface area contributed by atoms with Crippen LogP contribution in [0.5, 0.6) is 0 Å². The first-order valence-electron chi connectivity index (χ1n) is 3.78. The molecule has 0 aromatic heterocycles. The predicted molar refractivity (Wildman–Crippen MR) is 53.8 cm³/mol. The first-order chi connectivity index (χ1) is 5.22. The van der Waals surface area contributed by atoms with E-state index in [1.165, 1.54) is 0 Å². The van der Waals surface area contributed by atoms with Crippen molar-refractivity contribution in [2.75, 3.05) is 5.88 Å². The van der Waals surface area contributed by atoms with Crippen molar-refractivity contribution in [3.05, 3.63) is 11.1 Å². The molecule has 3 heteroatoms. The lowest BCUT2D eigenvalue weighted by atomic mass is 10.2. The van der Waals surface area contributed by atoms with Crippen molar-refractivity contribution < 1.29 is 0 Å². The Morgan fingerprint density at radius 3 is 2.64 bits per heavy atom. The Morgan fingerprint density at radius 1 is 1.55 bits per heavy atom. The first kappa shape index (κ1) is 11.6. The summed E-state index contributed by atoms with van der Waals surface area (Å²) in [4.78, 5) is 0. The van der Waals surface area contributed by atoms with Gasteiger partial charge in [0, 0.05) is 10.9 Å². The maximum absolute atomic E-state index is 5.93. The van der Waals surface area contributed by atoms with Crippen LogP contribution in [0.4, 0.5) is 0 Å². The zero-order valence-corrected chi connectivity index (χ0v) is 8.88. The Morgan fingerprint density at radius 2 is 2.18 bits per heavy atom. The number of alkyl halides is 2. The van der Waals surface area contributed by atoms with Crippen LogP contribution < -0.4 is 0 Å². The summed E-state index contributed by atoms with van der Waals surface area (Å²) in [6.45, 7) is 2.13. The standard InChI is InChI=1S/C8H13Cl3/c1-2-3-4-7(10)8(11)5-6-9/h5,7H,2-4,6H2,1H3. The smallest absolute Gasteiger partial charge is 0.0689 e. The molecule has 0 amide bonds. The molecule has 0 aromatic rings. The maximum atomic E-state index is 5.93. The molecule has 1 unspecified atom stereocenters. The molecule has 0 radical (unpaired) electrons. The number of allylic oxidation sites excluding steroid dienone is 2. The van der Waals surface area contributed by atoms with Crippen LogP contribution in [0, 0.1) is 0 Å². The molecule has 0 saturated heterocycles. The third-order valence-electron chi connectivity index (χ3n) is 1.38. The SMILES string of the molecule is CCCCC(Cl)C(Cl)=CCCl. The van der Waals surface area contributed by atoms with Gasteiger partial charge in [-0.3, -0.25) is 0 Å². The minimum Gasteiger partial charge on any atom is -0.122 e. The quantitative estimate of drug-likeness (QED) is 0.605. The number of hydrogen-bond acceptors (Lipinski definition) is 0. The summed E-state index contributed by atoms with van der Waals surface area (Å²) < 4.78 is 0. The number of rotatable bonds is 5. The van der Waals surface area contributed by atoms with Gasteiger partial charge < -0.3 is 0 Å². The minimum absolute atomic E-state index is 0.0460. The van der Waals surface area contributed by atoms with E-state index in [-0.39, 0.29) is 5.38 Å². The third-order valence-corrected chi connectivity index (χ3v) is 2.52. The van der Waals surface area contributed by atoms with Gasteiger partial charge in [-0.2, -0.15) is 0 Å². The van der Waals surface area contributed by atoms with E-state index in [0.717, 1.165) is 19.3 Å². The van der Waals surface area contributed by atoms with Gasteiger partial charge in [0.05, 0.1) is 5.38 Å². The Kier molecular flexibility index (Phi) is 7.67. The molecule has 0 saturated carbocycles. The van der Waals surface area contributed by atoms with Gasteiger partial charge in [-0.05, 0) is 6.42 Å². The molecule has 0 rings (SSSR count). The van der Waals surface area contributed by atoms with Gasteiger partial charge in [0.25, 0.3) is 0 Å². The van der Waals surface area contributed by atoms with Gasteiger partial charge >= 0.3 is 0 Å². The van der Waals surface area contributed by atoms with Crippen LogP contribution >= 0.6 is 34.8 Å². The lowest BCUT2D eigenvalue weighted by Gasteiger charge is -2.05. The van der Waals surface area contributed by atoms with Gasteiger partial charge in [0.2, 0.25) is 0 Å². The molecular weight excluding hydrogens is 202 g/mol. The largest absolute Gasteiger partial charge is 0.122 e. The topological polar surface area (TPSA) is 0 Å². The zero-order valence-electron chi connectivity index (χ0n) is 6.62. The minimum atomic E-state index is -0.0460. The molecule has 0 bridgehead atoms. The van der Waals surface area contributed by atoms with Gasteiger partial charge in [-0.1, -0.05) is 37.4 Å². The Labute approximate surface area is 83.5 Å². The summed E-state index contributed by atoms with van der Waals surface area (Å²) in [5.74, 6) is 0.439. The van der Waals surface area contributed by atoms with Crippen molar-refractivity contribution in [2.45, 2.75) is 31.6 Å². The van der Waals surface area contributed by atoms with E-state index in [9.17, 15) is 0 Å². The fraction of sp³-hybridized carbons (Fsp3) is 0.750. The maximum Gasteiger partial charge on any atom is 0.0689 e. The van der Waals surface area contributed by atoms with Crippen LogP contribution in [-0.2, 0) is 0 Å². The summed E-state index contributed by atoms with van der Waals surface area (Å²) in [5.41, 5.74) is 0. The van der Waals surface area contributed by atoms with Crippen molar-refractivity contribution in [3.8, 4) is 0 Å². The highest BCUT2D eigenvalue weighted by Crippen LogP contribution is 2.19. The molecule has 0 aliphatic rings. The van der Waals surface area contributed by atoms with Crippen LogP contribution in [0.3, 0.4) is 0 Å². The average Bonchev–Trinajstić information content (AvgIpc) is 2.00. The summed E-state index contributed by atoms with van der Waals surface area (Å²) >= 11 is 17.2. The lowest BCUT2D eigenvalue weighted by molar-refractivity contribution is 0.729. The van der Waals surface area contributed by atoms with Crippen LogP contribution in [0.25, 0.3) is 0 Å². The van der Waals surface area contributed by atoms with Crippen LogP contribution in [0.1, 0.15) is 26.2 Å². The number of unbranched alkanes of at least 4 members (excludes halogenated alkanes) is 1. The number of halogens is 3. The molecular formula is C8H13Cl3. The molecule has 66 valence electrons. The lowest BCUT2D eigenvalue weighted by Crippen LogP contribution is -1.98. The second-order valence-corrected chi connectivity index (χ2v) is 3.62. The molecule has 0 heterocycles. The van der Waals surface area contributed by atoms with Crippen molar-refractivity contribution in [2.24, 2.45) is 0 Å². The summed E-state index contributed by atoms with van der Waals surface area (Å²) in [6, 6.07) is 0. The summed E-state index contributed by atoms with van der Waals surface area (Å²) in [7, 11) is 0. The fourth-order valence-corrected chi connectivity index (χ4v) is 1.40. The van der Waals surface area contributed by atoms with Crippen molar-refractivity contribution in [1.29, 1.82) is 0 Å². The molecule has 0 N–H and O–H groups in total. The monoisotopic (exact) mass is 214 g/mol. The highest BCUT2D eigenvalue weighted by atomic mass is 35.5. The van der Waals surface area contributed by atoms with Gasteiger partial charge in [0.15, 0.2) is 0 Å². The van der Waals surface area contributed by atoms with Crippen molar-refractivity contribution in [1.82, 2.24) is 0 Å². The zero-order chi connectivity index (χ0) is 8.69. The van der Waals surface area contributed by atoms with Gasteiger partial charge in [-0.25, -0.2) is 0 Å². The second-order valence-electron chi connectivity index (χ2n) is 2.35. The van der Waals surface area contributed by atoms with E-state index in [0.29, 0.717) is 10.9 Å². The van der Waals surface area contributed by atoms with E-state index in [4.69, 9.17) is 34.8 Å². The van der Waals surface area contributed by atoms with Crippen molar-refractivity contribution in [3.63, 3.8) is 0 Å². The van der Waals surface area contributed by atoms with Crippen molar-refractivity contribution >= 4 is 34.8 Å². The average molecular weight is 216 g/mol. The molecule has 0 aromatic carbocycles. The molecule has 0 aliphatic heterocycles. The van der Waals surface area contributed by atoms with E-state index in [1.807, 2.05) is 0 Å². The van der Waals surface area contributed by atoms with E-state index in [1.54, 1.807) is 6.08 Å². The summed E-state index contributed by atoms with van der Waals surface area (Å²) in [5, 5.41) is 0.630. The highest BCUT2D eigenvalue weighted by molar-refractivity contribution is 6.37. The molecule has 0 spiro atoms. The van der Waals surface area contributed by atoms with Gasteiger partial charge in [-0.15, -0.1) is 23.2 Å². The Hall–Kier alpha value is 0.610. The Balaban J connectivity index is 3.63.